The molecule has 3 aromatic heterocycles. The largest absolute Gasteiger partial charge is 0.480 e. The lowest BCUT2D eigenvalue weighted by Crippen LogP contribution is -2.47. The highest BCUT2D eigenvalue weighted by molar-refractivity contribution is 7.92. The maximum Gasteiger partial charge on any atom is 0.322 e. The third-order valence-corrected chi connectivity index (χ3v) is 7.44. The van der Waals surface area contributed by atoms with E-state index in [2.05, 4.69) is 25.5 Å². The van der Waals surface area contributed by atoms with E-state index < -0.39 is 27.2 Å². The fraction of sp³-hybridized carbons (Fsp3) is 0.125. The summed E-state index contributed by atoms with van der Waals surface area (Å²) in [6, 6.07) is 20.3. The number of aromatic nitrogens is 4. The van der Waals surface area contributed by atoms with Gasteiger partial charge in [-0.3, -0.25) is 9.78 Å². The van der Waals surface area contributed by atoms with Crippen LogP contribution in [0.25, 0.3) is 11.3 Å². The van der Waals surface area contributed by atoms with E-state index in [0.29, 0.717) is 11.4 Å². The fourth-order valence-electron chi connectivity index (χ4n) is 3.46. The summed E-state index contributed by atoms with van der Waals surface area (Å²) in [6.45, 7) is -0.393. The molecule has 3 heterocycles. The number of benzene rings is 1. The Labute approximate surface area is 201 Å². The molecule has 35 heavy (non-hydrogen) atoms. The second kappa shape index (κ2) is 9.95. The topological polar surface area (TPSA) is 161 Å². The second-order valence-electron chi connectivity index (χ2n) is 7.69. The molecule has 0 fully saturated rings. The monoisotopic (exact) mass is 490 g/mol. The number of pyridine rings is 2. The average molecular weight is 491 g/mol. The Balaban J connectivity index is 1.75. The molecule has 1 atom stereocenters. The van der Waals surface area contributed by atoms with Crippen LogP contribution in [0.2, 0.25) is 0 Å². The van der Waals surface area contributed by atoms with Crippen LogP contribution >= 0.6 is 0 Å². The van der Waals surface area contributed by atoms with E-state index in [-0.39, 0.29) is 22.8 Å². The molecule has 4 rings (SSSR count). The first-order valence-electron chi connectivity index (χ1n) is 10.5. The summed E-state index contributed by atoms with van der Waals surface area (Å²) in [4.78, 5) is 17.1. The van der Waals surface area contributed by atoms with Gasteiger partial charge in [0.25, 0.3) is 0 Å². The molecule has 11 heteroatoms. The van der Waals surface area contributed by atoms with Crippen LogP contribution in [0, 0.1) is 0 Å². The van der Waals surface area contributed by atoms with Crippen molar-refractivity contribution in [3.05, 3.63) is 96.6 Å². The zero-order valence-electron chi connectivity index (χ0n) is 18.4. The molecule has 1 unspecified atom stereocenters. The van der Waals surface area contributed by atoms with Crippen molar-refractivity contribution in [1.29, 1.82) is 0 Å². The minimum atomic E-state index is -4.22. The van der Waals surface area contributed by atoms with Crippen molar-refractivity contribution in [2.45, 2.75) is 16.2 Å². The van der Waals surface area contributed by atoms with E-state index in [1.165, 1.54) is 36.7 Å². The lowest BCUT2D eigenvalue weighted by molar-refractivity contribution is -0.134. The number of carboxylic acid groups (broad SMARTS) is 1. The standard InChI is InChI=1S/C24H22N6O4S/c25-24(35(33,34)19-8-5-13-26-15-19,21-9-4-10-22(28-21)27-16-23(31)32)14-18-11-12-20(30-29-18)17-6-2-1-3-7-17/h1-13,15H,14,16,25H2,(H,27,28)(H,31,32). The highest BCUT2D eigenvalue weighted by atomic mass is 32.2. The number of nitrogens with zero attached hydrogens (tertiary/aromatic N) is 4. The van der Waals surface area contributed by atoms with Crippen LogP contribution in [0.4, 0.5) is 5.82 Å². The Morgan fingerprint density at radius 2 is 1.77 bits per heavy atom. The van der Waals surface area contributed by atoms with Crippen LogP contribution in [0.3, 0.4) is 0 Å². The van der Waals surface area contributed by atoms with E-state index in [0.717, 1.165) is 5.56 Å². The maximum absolute atomic E-state index is 13.8. The molecule has 0 saturated carbocycles. The molecule has 0 amide bonds. The van der Waals surface area contributed by atoms with Gasteiger partial charge < -0.3 is 16.2 Å². The van der Waals surface area contributed by atoms with Gasteiger partial charge in [-0.05, 0) is 36.4 Å². The van der Waals surface area contributed by atoms with Crippen LogP contribution in [0.1, 0.15) is 11.4 Å². The summed E-state index contributed by atoms with van der Waals surface area (Å²) in [5, 5.41) is 20.0. The molecule has 4 N–H and O–H groups in total. The number of anilines is 1. The van der Waals surface area contributed by atoms with Gasteiger partial charge >= 0.3 is 5.97 Å². The van der Waals surface area contributed by atoms with Crippen molar-refractivity contribution in [1.82, 2.24) is 20.2 Å². The van der Waals surface area contributed by atoms with Gasteiger partial charge in [-0.1, -0.05) is 36.4 Å². The van der Waals surface area contributed by atoms with Gasteiger partial charge in [-0.25, -0.2) is 13.4 Å². The summed E-state index contributed by atoms with van der Waals surface area (Å²) in [5.74, 6) is -0.917. The van der Waals surface area contributed by atoms with E-state index in [1.807, 2.05) is 30.3 Å². The number of sulfone groups is 1. The Kier molecular flexibility index (Phi) is 6.80. The number of nitrogens with two attached hydrogens (primary N) is 1. The molecule has 0 radical (unpaired) electrons. The van der Waals surface area contributed by atoms with Gasteiger partial charge in [0.1, 0.15) is 12.4 Å². The summed E-state index contributed by atoms with van der Waals surface area (Å²) >= 11 is 0. The second-order valence-corrected chi connectivity index (χ2v) is 9.90. The van der Waals surface area contributed by atoms with Crippen LogP contribution in [-0.2, 0) is 25.9 Å². The predicted molar refractivity (Wildman–Crippen MR) is 129 cm³/mol. The molecule has 0 aliphatic rings. The van der Waals surface area contributed by atoms with Gasteiger partial charge in [0.15, 0.2) is 4.87 Å². The number of hydrogen-bond donors (Lipinski definition) is 3. The van der Waals surface area contributed by atoms with Crippen LogP contribution < -0.4 is 11.1 Å². The van der Waals surface area contributed by atoms with Gasteiger partial charge in [-0.2, -0.15) is 10.2 Å². The molecule has 0 saturated heterocycles. The Hall–Kier alpha value is -4.22. The van der Waals surface area contributed by atoms with Crippen molar-refractivity contribution in [3.8, 4) is 11.3 Å². The van der Waals surface area contributed by atoms with E-state index in [9.17, 15) is 13.2 Å². The molecule has 0 aliphatic carbocycles. The Morgan fingerprint density at radius 1 is 0.971 bits per heavy atom. The van der Waals surface area contributed by atoms with Crippen LogP contribution in [0.5, 0.6) is 0 Å². The molecular formula is C24H22N6O4S. The molecule has 0 spiro atoms. The number of aliphatic carboxylic acids is 1. The quantitative estimate of drug-likeness (QED) is 0.317. The lowest BCUT2D eigenvalue weighted by atomic mass is 10.1. The van der Waals surface area contributed by atoms with Crippen molar-refractivity contribution in [2.24, 2.45) is 5.73 Å². The van der Waals surface area contributed by atoms with Crippen LogP contribution in [-0.4, -0.2) is 46.2 Å². The highest BCUT2D eigenvalue weighted by Crippen LogP contribution is 2.33. The Morgan fingerprint density at radius 3 is 2.43 bits per heavy atom. The maximum atomic E-state index is 13.8. The number of nitrogens with one attached hydrogen (secondary N) is 1. The zero-order valence-corrected chi connectivity index (χ0v) is 19.3. The molecule has 0 bridgehead atoms. The van der Waals surface area contributed by atoms with E-state index in [4.69, 9.17) is 10.8 Å². The smallest absolute Gasteiger partial charge is 0.322 e. The molecule has 178 valence electrons. The summed E-state index contributed by atoms with van der Waals surface area (Å²) in [5.41, 5.74) is 8.50. The van der Waals surface area contributed by atoms with Gasteiger partial charge in [-0.15, -0.1) is 0 Å². The molecule has 10 nitrogen and oxygen atoms in total. The van der Waals surface area contributed by atoms with Gasteiger partial charge in [0, 0.05) is 24.4 Å². The number of carbonyl (C=O) groups is 1. The minimum absolute atomic E-state index is 0.0191. The molecule has 0 aliphatic heterocycles. The summed E-state index contributed by atoms with van der Waals surface area (Å²) in [6.07, 6.45) is 2.44. The fourth-order valence-corrected chi connectivity index (χ4v) is 5.07. The minimum Gasteiger partial charge on any atom is -0.480 e. The van der Waals surface area contributed by atoms with Crippen molar-refractivity contribution >= 4 is 21.6 Å². The first kappa shape index (κ1) is 23.9. The van der Waals surface area contributed by atoms with Crippen LogP contribution in [0.15, 0.2) is 90.1 Å². The normalized spacial score (nSPS) is 13.1. The molecule has 4 aromatic rings. The summed E-state index contributed by atoms with van der Waals surface area (Å²) in [7, 11) is -4.22. The third-order valence-electron chi connectivity index (χ3n) is 5.26. The summed E-state index contributed by atoms with van der Waals surface area (Å²) < 4.78 is 27.5. The average Bonchev–Trinajstić information content (AvgIpc) is 2.89. The van der Waals surface area contributed by atoms with E-state index in [1.54, 1.807) is 18.2 Å². The lowest BCUT2D eigenvalue weighted by Gasteiger charge is -2.28. The van der Waals surface area contributed by atoms with Crippen molar-refractivity contribution < 1.29 is 18.3 Å². The molecule has 1 aromatic carbocycles. The number of rotatable bonds is 9. The van der Waals surface area contributed by atoms with Gasteiger partial charge in [0.05, 0.1) is 22.0 Å². The van der Waals surface area contributed by atoms with Crippen molar-refractivity contribution in [2.75, 3.05) is 11.9 Å². The first-order valence-corrected chi connectivity index (χ1v) is 12.0. The SMILES string of the molecule is NC(Cc1ccc(-c2ccccc2)nn1)(c1cccc(NCC(=O)O)n1)S(=O)(=O)c1cccnc1. The molecular weight excluding hydrogens is 468 g/mol. The number of carboxylic acids is 1. The van der Waals surface area contributed by atoms with E-state index >= 15 is 0 Å². The Bertz CT molecular complexity index is 1420. The predicted octanol–water partition coefficient (Wildman–Crippen LogP) is 2.26. The zero-order chi connectivity index (χ0) is 24.9. The number of hydrogen-bond acceptors (Lipinski definition) is 9. The third kappa shape index (κ3) is 5.15. The first-order chi connectivity index (χ1) is 16.8. The van der Waals surface area contributed by atoms with Crippen molar-refractivity contribution in [3.63, 3.8) is 0 Å². The van der Waals surface area contributed by atoms with Gasteiger partial charge in [0.2, 0.25) is 9.84 Å². The highest BCUT2D eigenvalue weighted by Gasteiger charge is 2.45.